The molecule has 0 saturated carbocycles. The molecule has 5 heteroatoms. The first-order valence-corrected chi connectivity index (χ1v) is 7.73. The maximum absolute atomic E-state index is 11.8. The van der Waals surface area contributed by atoms with Gasteiger partial charge < -0.3 is 5.32 Å². The van der Waals surface area contributed by atoms with Gasteiger partial charge in [-0.05, 0) is 24.1 Å². The lowest BCUT2D eigenvalue weighted by Gasteiger charge is -2.06. The minimum absolute atomic E-state index is 0.0523. The standard InChI is InChI=1S/C12H14N2OS2/c1-16-12(17-2)13-7-9-8-5-3-4-6-10(8)14-11(9)15/h3-6,9H,7H2,1-2H3,(H,14,15). The summed E-state index contributed by atoms with van der Waals surface area (Å²) >= 11 is 3.23. The lowest BCUT2D eigenvalue weighted by Crippen LogP contribution is -2.15. The van der Waals surface area contributed by atoms with Crippen molar-refractivity contribution >= 4 is 39.5 Å². The predicted molar refractivity (Wildman–Crippen MR) is 77.1 cm³/mol. The second-order valence-corrected chi connectivity index (χ2v) is 5.49. The molecule has 0 fully saturated rings. The molecule has 0 saturated heterocycles. The third kappa shape index (κ3) is 2.66. The van der Waals surface area contributed by atoms with E-state index in [0.29, 0.717) is 6.54 Å². The van der Waals surface area contributed by atoms with Crippen molar-refractivity contribution in [1.29, 1.82) is 0 Å². The van der Waals surface area contributed by atoms with Crippen LogP contribution in [-0.4, -0.2) is 29.3 Å². The summed E-state index contributed by atoms with van der Waals surface area (Å²) in [7, 11) is 0. The number of nitrogens with one attached hydrogen (secondary N) is 1. The Hall–Kier alpha value is -0.940. The lowest BCUT2D eigenvalue weighted by atomic mass is 10.0. The number of nitrogens with zero attached hydrogens (tertiary/aromatic N) is 1. The number of hydrogen-bond donors (Lipinski definition) is 1. The third-order valence-corrected chi connectivity index (χ3v) is 4.62. The molecular weight excluding hydrogens is 252 g/mol. The molecular formula is C12H14N2OS2. The highest BCUT2D eigenvalue weighted by Gasteiger charge is 2.29. The Kier molecular flexibility index (Phi) is 4.12. The van der Waals surface area contributed by atoms with Gasteiger partial charge in [-0.25, -0.2) is 0 Å². The van der Waals surface area contributed by atoms with E-state index in [1.807, 2.05) is 36.8 Å². The number of benzene rings is 1. The van der Waals surface area contributed by atoms with Crippen LogP contribution in [-0.2, 0) is 4.79 Å². The Morgan fingerprint density at radius 2 is 2.06 bits per heavy atom. The predicted octanol–water partition coefficient (Wildman–Crippen LogP) is 2.80. The van der Waals surface area contributed by atoms with Crippen LogP contribution in [0.25, 0.3) is 0 Å². The smallest absolute Gasteiger partial charge is 0.233 e. The fourth-order valence-corrected chi connectivity index (χ4v) is 2.91. The van der Waals surface area contributed by atoms with Crippen molar-refractivity contribution in [2.45, 2.75) is 5.92 Å². The Balaban J connectivity index is 2.17. The molecule has 1 aliphatic rings. The number of hydrogen-bond acceptors (Lipinski definition) is 4. The molecule has 1 atom stereocenters. The van der Waals surface area contributed by atoms with E-state index in [1.165, 1.54) is 0 Å². The highest BCUT2D eigenvalue weighted by molar-refractivity contribution is 8.38. The van der Waals surface area contributed by atoms with Crippen LogP contribution >= 0.6 is 23.5 Å². The molecule has 1 aliphatic heterocycles. The molecule has 90 valence electrons. The number of anilines is 1. The van der Waals surface area contributed by atoms with E-state index in [4.69, 9.17) is 0 Å². The molecule has 1 aromatic carbocycles. The molecule has 1 N–H and O–H groups in total. The van der Waals surface area contributed by atoms with Crippen molar-refractivity contribution < 1.29 is 4.79 Å². The van der Waals surface area contributed by atoms with Gasteiger partial charge in [0.25, 0.3) is 0 Å². The van der Waals surface area contributed by atoms with Crippen LogP contribution in [0, 0.1) is 0 Å². The lowest BCUT2D eigenvalue weighted by molar-refractivity contribution is -0.116. The van der Waals surface area contributed by atoms with Gasteiger partial charge in [0.15, 0.2) is 0 Å². The Morgan fingerprint density at radius 1 is 1.35 bits per heavy atom. The van der Waals surface area contributed by atoms with E-state index in [9.17, 15) is 4.79 Å². The molecule has 1 heterocycles. The van der Waals surface area contributed by atoms with Crippen LogP contribution in [0.1, 0.15) is 11.5 Å². The van der Waals surface area contributed by atoms with Gasteiger partial charge in [0.05, 0.1) is 12.5 Å². The van der Waals surface area contributed by atoms with Gasteiger partial charge >= 0.3 is 0 Å². The molecule has 1 unspecified atom stereocenters. The summed E-state index contributed by atoms with van der Waals surface area (Å²) in [6, 6.07) is 7.81. The topological polar surface area (TPSA) is 41.5 Å². The van der Waals surface area contributed by atoms with Gasteiger partial charge in [-0.2, -0.15) is 0 Å². The minimum Gasteiger partial charge on any atom is -0.325 e. The zero-order chi connectivity index (χ0) is 12.3. The second kappa shape index (κ2) is 5.60. The van der Waals surface area contributed by atoms with E-state index in [1.54, 1.807) is 23.5 Å². The monoisotopic (exact) mass is 266 g/mol. The number of fused-ring (bicyclic) bond motifs is 1. The third-order valence-electron chi connectivity index (χ3n) is 2.66. The number of amides is 1. The summed E-state index contributed by atoms with van der Waals surface area (Å²) in [5, 5.41) is 2.89. The van der Waals surface area contributed by atoms with Gasteiger partial charge in [-0.3, -0.25) is 9.79 Å². The zero-order valence-corrected chi connectivity index (χ0v) is 11.4. The highest BCUT2D eigenvalue weighted by atomic mass is 32.2. The van der Waals surface area contributed by atoms with Crippen LogP contribution in [0.4, 0.5) is 5.69 Å². The molecule has 0 spiro atoms. The number of carbonyl (C=O) groups excluding carboxylic acids is 1. The van der Waals surface area contributed by atoms with Crippen molar-refractivity contribution in [1.82, 2.24) is 0 Å². The van der Waals surface area contributed by atoms with Crippen molar-refractivity contribution in [2.24, 2.45) is 4.99 Å². The largest absolute Gasteiger partial charge is 0.325 e. The summed E-state index contributed by atoms with van der Waals surface area (Å²) in [5.74, 6) is -0.0861. The maximum atomic E-state index is 11.8. The molecule has 2 rings (SSSR count). The Morgan fingerprint density at radius 3 is 2.76 bits per heavy atom. The van der Waals surface area contributed by atoms with Crippen molar-refractivity contribution in [3.05, 3.63) is 29.8 Å². The normalized spacial score (nSPS) is 17.5. The number of para-hydroxylation sites is 1. The summed E-state index contributed by atoms with van der Waals surface area (Å²) in [4.78, 5) is 16.3. The molecule has 17 heavy (non-hydrogen) atoms. The van der Waals surface area contributed by atoms with E-state index < -0.39 is 0 Å². The summed E-state index contributed by atoms with van der Waals surface area (Å²) in [5.41, 5.74) is 1.98. The highest BCUT2D eigenvalue weighted by Crippen LogP contribution is 2.32. The fourth-order valence-electron chi connectivity index (χ4n) is 1.84. The van der Waals surface area contributed by atoms with Gasteiger partial charge in [0, 0.05) is 5.69 Å². The molecule has 1 amide bonds. The van der Waals surface area contributed by atoms with Crippen LogP contribution in [0.5, 0.6) is 0 Å². The molecule has 1 aromatic rings. The van der Waals surface area contributed by atoms with Crippen LogP contribution < -0.4 is 5.32 Å². The number of thioether (sulfide) groups is 2. The molecule has 3 nitrogen and oxygen atoms in total. The average Bonchev–Trinajstić information content (AvgIpc) is 2.67. The minimum atomic E-state index is -0.138. The summed E-state index contributed by atoms with van der Waals surface area (Å²) < 4.78 is 1.02. The Labute approximate surface area is 109 Å². The fraction of sp³-hybridized carbons (Fsp3) is 0.333. The molecule has 0 radical (unpaired) electrons. The van der Waals surface area contributed by atoms with Gasteiger partial charge in [0.2, 0.25) is 5.91 Å². The van der Waals surface area contributed by atoms with Crippen molar-refractivity contribution in [2.75, 3.05) is 24.4 Å². The van der Waals surface area contributed by atoms with Gasteiger partial charge in [-0.15, -0.1) is 23.5 Å². The van der Waals surface area contributed by atoms with Crippen molar-refractivity contribution in [3.8, 4) is 0 Å². The first-order valence-electron chi connectivity index (χ1n) is 5.28. The second-order valence-electron chi connectivity index (χ2n) is 3.64. The molecule has 0 aromatic heterocycles. The number of aliphatic imine (C=N–C) groups is 1. The maximum Gasteiger partial charge on any atom is 0.233 e. The quantitative estimate of drug-likeness (QED) is 0.661. The number of carbonyl (C=O) groups is 1. The average molecular weight is 266 g/mol. The van der Waals surface area contributed by atoms with Crippen LogP contribution in [0.15, 0.2) is 29.3 Å². The Bertz CT molecular complexity index is 454. The van der Waals surface area contributed by atoms with E-state index >= 15 is 0 Å². The van der Waals surface area contributed by atoms with Gasteiger partial charge in [-0.1, -0.05) is 18.2 Å². The zero-order valence-electron chi connectivity index (χ0n) is 9.77. The van der Waals surface area contributed by atoms with Crippen LogP contribution in [0.2, 0.25) is 0 Å². The van der Waals surface area contributed by atoms with Crippen molar-refractivity contribution in [3.63, 3.8) is 0 Å². The van der Waals surface area contributed by atoms with E-state index in [2.05, 4.69) is 10.3 Å². The molecule has 0 aliphatic carbocycles. The summed E-state index contributed by atoms with van der Waals surface area (Å²) in [6.07, 6.45) is 4.00. The van der Waals surface area contributed by atoms with E-state index in [-0.39, 0.29) is 11.8 Å². The summed E-state index contributed by atoms with van der Waals surface area (Å²) in [6.45, 7) is 0.528. The SMILES string of the molecule is CSC(=NCC1C(=O)Nc2ccccc21)SC. The van der Waals surface area contributed by atoms with E-state index in [0.717, 1.165) is 15.6 Å². The molecule has 0 bridgehead atoms. The first-order chi connectivity index (χ1) is 8.26. The van der Waals surface area contributed by atoms with Gasteiger partial charge in [0.1, 0.15) is 4.38 Å². The van der Waals surface area contributed by atoms with Crippen LogP contribution in [0.3, 0.4) is 0 Å². The number of rotatable bonds is 2. The first kappa shape index (κ1) is 12.5.